The first kappa shape index (κ1) is 12.9. The van der Waals surface area contributed by atoms with Crippen LogP contribution in [0.25, 0.3) is 0 Å². The van der Waals surface area contributed by atoms with Gasteiger partial charge in [0.05, 0.1) is 6.61 Å². The minimum Gasteiger partial charge on any atom is -0.395 e. The van der Waals surface area contributed by atoms with Gasteiger partial charge in [-0.15, -0.1) is 0 Å². The van der Waals surface area contributed by atoms with Crippen LogP contribution in [0.2, 0.25) is 0 Å². The summed E-state index contributed by atoms with van der Waals surface area (Å²) in [7, 11) is 1.46. The standard InChI is InChI=1S/C10H19N3O3/c1-11-10(16)12-9(15)4-6-13-5-2-3-8(13)7-14/h8,14H,2-7H2,1H3,(H2,11,12,15,16). The molecule has 0 bridgehead atoms. The molecule has 0 spiro atoms. The molecule has 1 saturated heterocycles. The molecule has 1 aliphatic heterocycles. The molecule has 1 rings (SSSR count). The highest BCUT2D eigenvalue weighted by atomic mass is 16.3. The Morgan fingerprint density at radius 1 is 1.50 bits per heavy atom. The van der Waals surface area contributed by atoms with Crippen molar-refractivity contribution in [2.24, 2.45) is 0 Å². The van der Waals surface area contributed by atoms with E-state index in [4.69, 9.17) is 5.11 Å². The zero-order valence-electron chi connectivity index (χ0n) is 9.53. The lowest BCUT2D eigenvalue weighted by Crippen LogP contribution is -2.40. The lowest BCUT2D eigenvalue weighted by molar-refractivity contribution is -0.120. The Labute approximate surface area is 95.0 Å². The monoisotopic (exact) mass is 229 g/mol. The molecule has 0 aromatic carbocycles. The second kappa shape index (κ2) is 6.44. The zero-order chi connectivity index (χ0) is 12.0. The first-order chi connectivity index (χ1) is 7.67. The van der Waals surface area contributed by atoms with Crippen LogP contribution in [-0.2, 0) is 4.79 Å². The maximum absolute atomic E-state index is 11.3. The second-order valence-electron chi connectivity index (χ2n) is 3.89. The maximum atomic E-state index is 11.3. The molecule has 0 radical (unpaired) electrons. The summed E-state index contributed by atoms with van der Waals surface area (Å²) in [6.07, 6.45) is 2.32. The van der Waals surface area contributed by atoms with Gasteiger partial charge in [0, 0.05) is 26.1 Å². The minimum atomic E-state index is -0.481. The first-order valence-electron chi connectivity index (χ1n) is 5.54. The van der Waals surface area contributed by atoms with Crippen LogP contribution in [0.3, 0.4) is 0 Å². The Bertz CT molecular complexity index is 258. The molecule has 1 atom stereocenters. The van der Waals surface area contributed by atoms with Gasteiger partial charge < -0.3 is 10.4 Å². The van der Waals surface area contributed by atoms with E-state index in [1.807, 2.05) is 0 Å². The van der Waals surface area contributed by atoms with Crippen molar-refractivity contribution in [1.82, 2.24) is 15.5 Å². The molecule has 1 fully saturated rings. The molecule has 0 aliphatic carbocycles. The Kier molecular flexibility index (Phi) is 5.21. The van der Waals surface area contributed by atoms with E-state index in [0.29, 0.717) is 6.54 Å². The quantitative estimate of drug-likeness (QED) is 0.595. The number of carbonyl (C=O) groups is 2. The van der Waals surface area contributed by atoms with Crippen molar-refractivity contribution in [2.75, 3.05) is 26.7 Å². The number of likely N-dealkylation sites (tertiary alicyclic amines) is 1. The van der Waals surface area contributed by atoms with Crippen LogP contribution in [-0.4, -0.2) is 54.7 Å². The summed E-state index contributed by atoms with van der Waals surface area (Å²) in [5, 5.41) is 13.6. The number of carbonyl (C=O) groups excluding carboxylic acids is 2. The van der Waals surface area contributed by atoms with Gasteiger partial charge in [0.25, 0.3) is 0 Å². The average Bonchev–Trinajstić information content (AvgIpc) is 2.73. The van der Waals surface area contributed by atoms with Crippen LogP contribution < -0.4 is 10.6 Å². The van der Waals surface area contributed by atoms with E-state index in [2.05, 4.69) is 15.5 Å². The van der Waals surface area contributed by atoms with Crippen molar-refractivity contribution < 1.29 is 14.7 Å². The largest absolute Gasteiger partial charge is 0.395 e. The van der Waals surface area contributed by atoms with E-state index in [1.54, 1.807) is 0 Å². The van der Waals surface area contributed by atoms with E-state index >= 15 is 0 Å². The molecule has 0 aromatic heterocycles. The number of aliphatic hydroxyl groups is 1. The normalized spacial score (nSPS) is 20.8. The first-order valence-corrected chi connectivity index (χ1v) is 5.54. The van der Waals surface area contributed by atoms with Crippen LogP contribution in [0.15, 0.2) is 0 Å². The van der Waals surface area contributed by atoms with Gasteiger partial charge in [-0.05, 0) is 19.4 Å². The van der Waals surface area contributed by atoms with Crippen molar-refractivity contribution in [3.63, 3.8) is 0 Å². The number of rotatable bonds is 4. The third kappa shape index (κ3) is 3.79. The smallest absolute Gasteiger partial charge is 0.321 e. The summed E-state index contributed by atoms with van der Waals surface area (Å²) < 4.78 is 0. The lowest BCUT2D eigenvalue weighted by atomic mass is 10.2. The van der Waals surface area contributed by atoms with Crippen molar-refractivity contribution in [3.05, 3.63) is 0 Å². The Hall–Kier alpha value is -1.14. The number of nitrogens with one attached hydrogen (secondary N) is 2. The highest BCUT2D eigenvalue weighted by molar-refractivity contribution is 5.94. The van der Waals surface area contributed by atoms with E-state index in [1.165, 1.54) is 7.05 Å². The molecule has 0 aromatic rings. The van der Waals surface area contributed by atoms with Crippen LogP contribution in [0.4, 0.5) is 4.79 Å². The summed E-state index contributed by atoms with van der Waals surface area (Å²) in [6.45, 7) is 1.64. The number of aliphatic hydroxyl groups excluding tert-OH is 1. The molecular weight excluding hydrogens is 210 g/mol. The van der Waals surface area contributed by atoms with Crippen molar-refractivity contribution in [3.8, 4) is 0 Å². The van der Waals surface area contributed by atoms with Gasteiger partial charge in [-0.25, -0.2) is 4.79 Å². The van der Waals surface area contributed by atoms with E-state index < -0.39 is 6.03 Å². The Balaban J connectivity index is 2.23. The molecule has 16 heavy (non-hydrogen) atoms. The predicted octanol–water partition coefficient (Wildman–Crippen LogP) is -0.711. The number of imide groups is 1. The molecule has 1 aliphatic rings. The van der Waals surface area contributed by atoms with E-state index in [9.17, 15) is 9.59 Å². The highest BCUT2D eigenvalue weighted by Crippen LogP contribution is 2.16. The molecule has 0 saturated carbocycles. The molecule has 1 heterocycles. The fourth-order valence-electron chi connectivity index (χ4n) is 1.89. The third-order valence-electron chi connectivity index (χ3n) is 2.82. The van der Waals surface area contributed by atoms with Crippen molar-refractivity contribution >= 4 is 11.9 Å². The van der Waals surface area contributed by atoms with Crippen LogP contribution >= 0.6 is 0 Å². The number of nitrogens with zero attached hydrogens (tertiary/aromatic N) is 1. The number of hydrogen-bond donors (Lipinski definition) is 3. The molecule has 3 amide bonds. The van der Waals surface area contributed by atoms with Gasteiger partial charge >= 0.3 is 6.03 Å². The molecule has 6 heteroatoms. The Morgan fingerprint density at radius 3 is 2.88 bits per heavy atom. The summed E-state index contributed by atoms with van der Waals surface area (Å²) in [6, 6.07) is -0.307. The summed E-state index contributed by atoms with van der Waals surface area (Å²) in [4.78, 5) is 24.2. The SMILES string of the molecule is CNC(=O)NC(=O)CCN1CCCC1CO. The topological polar surface area (TPSA) is 81.7 Å². The van der Waals surface area contributed by atoms with Crippen LogP contribution in [0.5, 0.6) is 0 Å². The van der Waals surface area contributed by atoms with Crippen molar-refractivity contribution in [2.45, 2.75) is 25.3 Å². The van der Waals surface area contributed by atoms with Gasteiger partial charge in [0.1, 0.15) is 0 Å². The summed E-state index contributed by atoms with van der Waals surface area (Å²) in [5.41, 5.74) is 0. The predicted molar refractivity (Wildman–Crippen MR) is 58.9 cm³/mol. The molecular formula is C10H19N3O3. The third-order valence-corrected chi connectivity index (χ3v) is 2.82. The minimum absolute atomic E-state index is 0.136. The number of hydrogen-bond acceptors (Lipinski definition) is 4. The maximum Gasteiger partial charge on any atom is 0.321 e. The molecule has 6 nitrogen and oxygen atoms in total. The van der Waals surface area contributed by atoms with Crippen LogP contribution in [0, 0.1) is 0 Å². The average molecular weight is 229 g/mol. The van der Waals surface area contributed by atoms with Gasteiger partial charge in [0.15, 0.2) is 0 Å². The van der Waals surface area contributed by atoms with Gasteiger partial charge in [-0.3, -0.25) is 15.0 Å². The van der Waals surface area contributed by atoms with E-state index in [-0.39, 0.29) is 25.0 Å². The zero-order valence-corrected chi connectivity index (χ0v) is 9.53. The van der Waals surface area contributed by atoms with Gasteiger partial charge in [-0.2, -0.15) is 0 Å². The molecule has 3 N–H and O–H groups in total. The lowest BCUT2D eigenvalue weighted by Gasteiger charge is -2.21. The highest BCUT2D eigenvalue weighted by Gasteiger charge is 2.23. The van der Waals surface area contributed by atoms with E-state index in [0.717, 1.165) is 19.4 Å². The summed E-state index contributed by atoms with van der Waals surface area (Å²) >= 11 is 0. The summed E-state index contributed by atoms with van der Waals surface area (Å²) in [5.74, 6) is -0.289. The van der Waals surface area contributed by atoms with Gasteiger partial charge in [0.2, 0.25) is 5.91 Å². The van der Waals surface area contributed by atoms with Crippen LogP contribution in [0.1, 0.15) is 19.3 Å². The fraction of sp³-hybridized carbons (Fsp3) is 0.800. The Morgan fingerprint density at radius 2 is 2.25 bits per heavy atom. The van der Waals surface area contributed by atoms with Gasteiger partial charge in [-0.1, -0.05) is 0 Å². The molecule has 92 valence electrons. The number of urea groups is 1. The second-order valence-corrected chi connectivity index (χ2v) is 3.89. The number of amides is 3. The molecule has 1 unspecified atom stereocenters. The fourth-order valence-corrected chi connectivity index (χ4v) is 1.89. The van der Waals surface area contributed by atoms with Crippen molar-refractivity contribution in [1.29, 1.82) is 0 Å².